The maximum absolute atomic E-state index is 13.4. The van der Waals surface area contributed by atoms with Crippen molar-refractivity contribution in [1.29, 1.82) is 0 Å². The van der Waals surface area contributed by atoms with E-state index in [9.17, 15) is 23.2 Å². The lowest BCUT2D eigenvalue weighted by Crippen LogP contribution is -2.34. The van der Waals surface area contributed by atoms with Crippen LogP contribution in [0.25, 0.3) is 0 Å². The normalized spacial score (nSPS) is 15.1. The second kappa shape index (κ2) is 9.91. The van der Waals surface area contributed by atoms with E-state index in [1.54, 1.807) is 29.2 Å². The first-order valence-corrected chi connectivity index (χ1v) is 11.0. The van der Waals surface area contributed by atoms with E-state index in [1.807, 2.05) is 0 Å². The Balaban J connectivity index is 1.42. The number of benzene rings is 2. The Morgan fingerprint density at radius 3 is 2.47 bits per heavy atom. The van der Waals surface area contributed by atoms with E-state index >= 15 is 0 Å². The Kier molecular flexibility index (Phi) is 6.77. The minimum atomic E-state index is -1.08. The molecular formula is C22H19F2N5O4S. The monoisotopic (exact) mass is 487 g/mol. The minimum Gasteiger partial charge on any atom is -0.465 e. The van der Waals surface area contributed by atoms with Crippen molar-refractivity contribution in [3.05, 3.63) is 69.7 Å². The fourth-order valence-corrected chi connectivity index (χ4v) is 4.37. The maximum atomic E-state index is 13.4. The van der Waals surface area contributed by atoms with Gasteiger partial charge in [-0.3, -0.25) is 4.79 Å². The second-order valence-corrected chi connectivity index (χ2v) is 8.39. The van der Waals surface area contributed by atoms with Crippen LogP contribution >= 0.6 is 11.3 Å². The van der Waals surface area contributed by atoms with Gasteiger partial charge in [0, 0.05) is 24.0 Å². The third-order valence-corrected chi connectivity index (χ3v) is 6.19. The van der Waals surface area contributed by atoms with Gasteiger partial charge in [0.15, 0.2) is 11.6 Å². The Labute approximate surface area is 196 Å². The standard InChI is InChI=1S/C22H19F2N5O4S/c1-33-21(31)12-4-6-13(7-5-12)26-22(32)29-10-2-3-17(29)19-27-28-20(34-19)18(30)25-14-8-9-15(23)16(24)11-14/h4-9,11,17H,2-3,10H2,1H3,(H,25,30)(H,26,32). The number of carbonyl (C=O) groups is 3. The number of hydrogen-bond donors (Lipinski definition) is 2. The highest BCUT2D eigenvalue weighted by Gasteiger charge is 2.33. The number of methoxy groups -OCH3 is 1. The van der Waals surface area contributed by atoms with Crippen LogP contribution in [0.4, 0.5) is 25.0 Å². The molecule has 0 saturated carbocycles. The molecule has 3 amide bonds. The summed E-state index contributed by atoms with van der Waals surface area (Å²) in [6.45, 7) is 0.493. The fraction of sp³-hybridized carbons (Fsp3) is 0.227. The van der Waals surface area contributed by atoms with E-state index in [2.05, 4.69) is 25.6 Å². The molecule has 3 aromatic rings. The van der Waals surface area contributed by atoms with Crippen molar-refractivity contribution in [3.8, 4) is 0 Å². The van der Waals surface area contributed by atoms with Crippen LogP contribution in [-0.4, -0.2) is 46.7 Å². The van der Waals surface area contributed by atoms with Crippen LogP contribution in [0.15, 0.2) is 42.5 Å². The predicted molar refractivity (Wildman–Crippen MR) is 120 cm³/mol. The molecule has 34 heavy (non-hydrogen) atoms. The lowest BCUT2D eigenvalue weighted by molar-refractivity contribution is 0.0600. The highest BCUT2D eigenvalue weighted by molar-refractivity contribution is 7.13. The first-order valence-electron chi connectivity index (χ1n) is 10.2. The molecule has 2 N–H and O–H groups in total. The van der Waals surface area contributed by atoms with Crippen molar-refractivity contribution in [2.24, 2.45) is 0 Å². The molecule has 0 bridgehead atoms. The molecule has 4 rings (SSSR count). The van der Waals surface area contributed by atoms with Gasteiger partial charge in [0.1, 0.15) is 5.01 Å². The number of aromatic nitrogens is 2. The number of amides is 3. The molecule has 1 aliphatic rings. The zero-order chi connectivity index (χ0) is 24.2. The lowest BCUT2D eigenvalue weighted by Gasteiger charge is -2.23. The van der Waals surface area contributed by atoms with Crippen LogP contribution < -0.4 is 10.6 Å². The van der Waals surface area contributed by atoms with Gasteiger partial charge in [-0.15, -0.1) is 10.2 Å². The highest BCUT2D eigenvalue weighted by Crippen LogP contribution is 2.34. The molecule has 2 aromatic carbocycles. The summed E-state index contributed by atoms with van der Waals surface area (Å²) in [5.74, 6) is -3.19. The average molecular weight is 487 g/mol. The molecule has 0 spiro atoms. The van der Waals surface area contributed by atoms with Gasteiger partial charge >= 0.3 is 12.0 Å². The van der Waals surface area contributed by atoms with Gasteiger partial charge in [0.2, 0.25) is 5.01 Å². The van der Waals surface area contributed by atoms with Gasteiger partial charge in [-0.2, -0.15) is 0 Å². The summed E-state index contributed by atoms with van der Waals surface area (Å²) < 4.78 is 31.1. The van der Waals surface area contributed by atoms with Crippen LogP contribution in [0.5, 0.6) is 0 Å². The highest BCUT2D eigenvalue weighted by atomic mass is 32.1. The molecule has 0 radical (unpaired) electrons. The van der Waals surface area contributed by atoms with E-state index in [0.29, 0.717) is 29.2 Å². The molecule has 176 valence electrons. The van der Waals surface area contributed by atoms with Crippen molar-refractivity contribution in [2.45, 2.75) is 18.9 Å². The summed E-state index contributed by atoms with van der Waals surface area (Å²) in [4.78, 5) is 38.4. The van der Waals surface area contributed by atoms with Crippen molar-refractivity contribution in [1.82, 2.24) is 15.1 Å². The maximum Gasteiger partial charge on any atom is 0.337 e. The molecule has 2 heterocycles. The molecule has 0 aliphatic carbocycles. The lowest BCUT2D eigenvalue weighted by atomic mass is 10.2. The first-order chi connectivity index (χ1) is 16.4. The third-order valence-electron chi connectivity index (χ3n) is 5.17. The van der Waals surface area contributed by atoms with Gasteiger partial charge in [-0.05, 0) is 49.2 Å². The van der Waals surface area contributed by atoms with Crippen LogP contribution in [0.2, 0.25) is 0 Å². The smallest absolute Gasteiger partial charge is 0.337 e. The number of hydrogen-bond acceptors (Lipinski definition) is 7. The molecule has 1 fully saturated rings. The third kappa shape index (κ3) is 5.01. The zero-order valence-corrected chi connectivity index (χ0v) is 18.7. The van der Waals surface area contributed by atoms with Gasteiger partial charge in [-0.25, -0.2) is 18.4 Å². The number of halogens is 2. The number of esters is 1. The summed E-state index contributed by atoms with van der Waals surface area (Å²) >= 11 is 1.02. The van der Waals surface area contributed by atoms with Gasteiger partial charge in [0.25, 0.3) is 5.91 Å². The number of likely N-dealkylation sites (tertiary alicyclic amines) is 1. The summed E-state index contributed by atoms with van der Waals surface area (Å²) in [5, 5.41) is 13.7. The fourth-order valence-electron chi connectivity index (χ4n) is 3.49. The van der Waals surface area contributed by atoms with Crippen LogP contribution in [0, 0.1) is 11.6 Å². The number of carbonyl (C=O) groups excluding carboxylic acids is 3. The number of nitrogens with one attached hydrogen (secondary N) is 2. The van der Waals surface area contributed by atoms with Crippen LogP contribution in [0.3, 0.4) is 0 Å². The molecule has 1 aromatic heterocycles. The number of nitrogens with zero attached hydrogens (tertiary/aromatic N) is 3. The minimum absolute atomic E-state index is 0.0328. The number of rotatable bonds is 5. The topological polar surface area (TPSA) is 114 Å². The zero-order valence-electron chi connectivity index (χ0n) is 17.9. The van der Waals surface area contributed by atoms with Crippen molar-refractivity contribution >= 4 is 40.6 Å². The van der Waals surface area contributed by atoms with Gasteiger partial charge < -0.3 is 20.3 Å². The summed E-state index contributed by atoms with van der Waals surface area (Å²) in [7, 11) is 1.29. The van der Waals surface area contributed by atoms with E-state index < -0.39 is 23.5 Å². The van der Waals surface area contributed by atoms with Crippen molar-refractivity contribution in [3.63, 3.8) is 0 Å². The summed E-state index contributed by atoms with van der Waals surface area (Å²) in [6, 6.07) is 8.59. The van der Waals surface area contributed by atoms with Crippen molar-refractivity contribution < 1.29 is 27.9 Å². The number of urea groups is 1. The molecule has 1 atom stereocenters. The Bertz CT molecular complexity index is 1230. The summed E-state index contributed by atoms with van der Waals surface area (Å²) in [5.41, 5.74) is 0.954. The van der Waals surface area contributed by atoms with E-state index in [1.165, 1.54) is 13.2 Å². The first kappa shape index (κ1) is 23.2. The van der Waals surface area contributed by atoms with E-state index in [4.69, 9.17) is 0 Å². The molecule has 9 nitrogen and oxygen atoms in total. The van der Waals surface area contributed by atoms with E-state index in [0.717, 1.165) is 29.9 Å². The molecular weight excluding hydrogens is 468 g/mol. The number of ether oxygens (including phenoxy) is 1. The van der Waals surface area contributed by atoms with Crippen LogP contribution in [0.1, 0.15) is 44.1 Å². The summed E-state index contributed by atoms with van der Waals surface area (Å²) in [6.07, 6.45) is 1.39. The van der Waals surface area contributed by atoms with Gasteiger partial charge in [0.05, 0.1) is 18.7 Å². The van der Waals surface area contributed by atoms with Crippen molar-refractivity contribution in [2.75, 3.05) is 24.3 Å². The Morgan fingerprint density at radius 1 is 1.03 bits per heavy atom. The molecule has 1 unspecified atom stereocenters. The second-order valence-electron chi connectivity index (χ2n) is 7.38. The quantitative estimate of drug-likeness (QED) is 0.521. The van der Waals surface area contributed by atoms with Crippen LogP contribution in [-0.2, 0) is 4.74 Å². The largest absolute Gasteiger partial charge is 0.465 e. The molecule has 12 heteroatoms. The molecule has 1 saturated heterocycles. The average Bonchev–Trinajstić information content (AvgIpc) is 3.51. The van der Waals surface area contributed by atoms with E-state index in [-0.39, 0.29) is 22.8 Å². The number of anilines is 2. The predicted octanol–water partition coefficient (Wildman–Crippen LogP) is 4.22. The Morgan fingerprint density at radius 2 is 1.76 bits per heavy atom. The molecule has 1 aliphatic heterocycles. The Hall–Kier alpha value is -3.93. The SMILES string of the molecule is COC(=O)c1ccc(NC(=O)N2CCCC2c2nnc(C(=O)Nc3ccc(F)c(F)c3)s2)cc1. The van der Waals surface area contributed by atoms with Gasteiger partial charge in [-0.1, -0.05) is 11.3 Å².